The zero-order valence-electron chi connectivity index (χ0n) is 21.7. The van der Waals surface area contributed by atoms with Crippen LogP contribution in [0.2, 0.25) is 5.02 Å². The second kappa shape index (κ2) is 11.1. The molecule has 39 heavy (non-hydrogen) atoms. The van der Waals surface area contributed by atoms with Gasteiger partial charge in [-0.3, -0.25) is 28.3 Å². The van der Waals surface area contributed by atoms with Crippen molar-refractivity contribution in [3.63, 3.8) is 0 Å². The molecule has 1 saturated heterocycles. The number of aromatic nitrogens is 2. The third-order valence-electron chi connectivity index (χ3n) is 6.92. The molecule has 0 aliphatic carbocycles. The highest BCUT2D eigenvalue weighted by Crippen LogP contribution is 2.28. The molecule has 1 aromatic heterocycles. The standard InChI is InChI=1S/C27H27ClN6O5/c1-4-33-23-9-8-17(10-19(23)26(38)34(5-2)27(33)39)30-24(36)20-13-32(15(3)35)14-21(20)25(37)31-18-7-6-16(12-29)22(28)11-18/h6-11,20-21H,4-5,13-14H2,1-3H3,(H,30,36)(H,31,37)/t20-,21-/m1/s1. The normalized spacial score (nSPS) is 16.6. The van der Waals surface area contributed by atoms with Crippen LogP contribution in [-0.2, 0) is 27.5 Å². The molecule has 0 radical (unpaired) electrons. The Morgan fingerprint density at radius 2 is 1.51 bits per heavy atom. The van der Waals surface area contributed by atoms with E-state index in [4.69, 9.17) is 16.9 Å². The van der Waals surface area contributed by atoms with Crippen LogP contribution in [-0.4, -0.2) is 44.8 Å². The quantitative estimate of drug-likeness (QED) is 0.482. The molecule has 0 saturated carbocycles. The summed E-state index contributed by atoms with van der Waals surface area (Å²) in [4.78, 5) is 65.7. The van der Waals surface area contributed by atoms with Crippen LogP contribution in [0.3, 0.4) is 0 Å². The van der Waals surface area contributed by atoms with Gasteiger partial charge in [-0.1, -0.05) is 11.6 Å². The molecule has 2 heterocycles. The maximum Gasteiger partial charge on any atom is 0.331 e. The maximum atomic E-state index is 13.4. The van der Waals surface area contributed by atoms with Gasteiger partial charge in [0.2, 0.25) is 17.7 Å². The van der Waals surface area contributed by atoms with E-state index < -0.39 is 34.9 Å². The number of nitrogens with zero attached hydrogens (tertiary/aromatic N) is 4. The van der Waals surface area contributed by atoms with Gasteiger partial charge in [0.05, 0.1) is 33.3 Å². The van der Waals surface area contributed by atoms with E-state index in [1.807, 2.05) is 6.07 Å². The smallest absolute Gasteiger partial charge is 0.331 e. The largest absolute Gasteiger partial charge is 0.341 e. The Kier molecular flexibility index (Phi) is 7.88. The molecule has 12 heteroatoms. The van der Waals surface area contributed by atoms with Crippen LogP contribution in [0.25, 0.3) is 10.9 Å². The number of hydrogen-bond acceptors (Lipinski definition) is 6. The average molecular weight is 551 g/mol. The van der Waals surface area contributed by atoms with E-state index in [-0.39, 0.29) is 41.5 Å². The highest BCUT2D eigenvalue weighted by molar-refractivity contribution is 6.32. The van der Waals surface area contributed by atoms with Crippen LogP contribution >= 0.6 is 11.6 Å². The molecule has 1 aliphatic heterocycles. The van der Waals surface area contributed by atoms with Gasteiger partial charge in [0.15, 0.2) is 0 Å². The van der Waals surface area contributed by atoms with E-state index >= 15 is 0 Å². The molecular formula is C27H27ClN6O5. The zero-order chi connectivity index (χ0) is 28.4. The number of likely N-dealkylation sites (tertiary alicyclic amines) is 1. The summed E-state index contributed by atoms with van der Waals surface area (Å²) in [5.41, 5.74) is 0.535. The number of nitriles is 1. The van der Waals surface area contributed by atoms with E-state index in [0.717, 1.165) is 4.57 Å². The van der Waals surface area contributed by atoms with Gasteiger partial charge in [0.1, 0.15) is 6.07 Å². The minimum Gasteiger partial charge on any atom is -0.341 e. The van der Waals surface area contributed by atoms with Crippen molar-refractivity contribution < 1.29 is 14.4 Å². The summed E-state index contributed by atoms with van der Waals surface area (Å²) in [6.45, 7) is 5.53. The van der Waals surface area contributed by atoms with Crippen LogP contribution in [0.4, 0.5) is 11.4 Å². The molecule has 0 spiro atoms. The number of halogens is 1. The molecule has 3 aromatic rings. The average Bonchev–Trinajstić information content (AvgIpc) is 3.36. The first-order valence-corrected chi connectivity index (χ1v) is 12.8. The third kappa shape index (κ3) is 5.28. The molecule has 2 aromatic carbocycles. The molecule has 0 unspecified atom stereocenters. The van der Waals surface area contributed by atoms with Gasteiger partial charge < -0.3 is 15.5 Å². The molecule has 4 rings (SSSR count). The summed E-state index contributed by atoms with van der Waals surface area (Å²) < 4.78 is 2.62. The van der Waals surface area contributed by atoms with Crippen molar-refractivity contribution in [3.05, 3.63) is 67.8 Å². The minimum atomic E-state index is -0.865. The SMILES string of the molecule is CCn1c(=O)c2cc(NC(=O)[C@@H]3CN(C(C)=O)C[C@H]3C(=O)Nc3ccc(C#N)c(Cl)c3)ccc2n(CC)c1=O. The Labute approximate surface area is 228 Å². The number of aryl methyl sites for hydroxylation is 1. The Hall–Kier alpha value is -4.43. The number of carbonyl (C=O) groups is 3. The van der Waals surface area contributed by atoms with Gasteiger partial charge >= 0.3 is 5.69 Å². The van der Waals surface area contributed by atoms with Crippen LogP contribution in [0.15, 0.2) is 46.0 Å². The Morgan fingerprint density at radius 1 is 0.949 bits per heavy atom. The fraction of sp³-hybridized carbons (Fsp3) is 0.333. The predicted molar refractivity (Wildman–Crippen MR) is 146 cm³/mol. The van der Waals surface area contributed by atoms with Crippen molar-refractivity contribution in [1.82, 2.24) is 14.0 Å². The number of rotatable bonds is 6. The fourth-order valence-corrected chi connectivity index (χ4v) is 5.05. The summed E-state index contributed by atoms with van der Waals surface area (Å²) in [6, 6.07) is 11.1. The van der Waals surface area contributed by atoms with Gasteiger partial charge in [0.25, 0.3) is 5.56 Å². The van der Waals surface area contributed by atoms with Crippen molar-refractivity contribution in [3.8, 4) is 6.07 Å². The van der Waals surface area contributed by atoms with Crippen LogP contribution < -0.4 is 21.9 Å². The lowest BCUT2D eigenvalue weighted by Crippen LogP contribution is -2.39. The number of fused-ring (bicyclic) bond motifs is 1. The second-order valence-corrected chi connectivity index (χ2v) is 9.64. The molecule has 2 atom stereocenters. The minimum absolute atomic E-state index is 0.0407. The number of amides is 3. The monoisotopic (exact) mass is 550 g/mol. The molecule has 1 fully saturated rings. The predicted octanol–water partition coefficient (Wildman–Crippen LogP) is 2.40. The summed E-state index contributed by atoms with van der Waals surface area (Å²) in [6.07, 6.45) is 0. The molecule has 0 bridgehead atoms. The molecule has 1 aliphatic rings. The van der Waals surface area contributed by atoms with Crippen LogP contribution in [0.1, 0.15) is 26.3 Å². The first kappa shape index (κ1) is 27.6. The van der Waals surface area contributed by atoms with E-state index in [1.165, 1.54) is 40.7 Å². The molecule has 2 N–H and O–H groups in total. The fourth-order valence-electron chi connectivity index (χ4n) is 4.83. The number of benzene rings is 2. The summed E-state index contributed by atoms with van der Waals surface area (Å²) in [5.74, 6) is -2.96. The number of hydrogen-bond donors (Lipinski definition) is 2. The lowest BCUT2D eigenvalue weighted by Gasteiger charge is -2.18. The summed E-state index contributed by atoms with van der Waals surface area (Å²) in [5, 5.41) is 15.0. The topological polar surface area (TPSA) is 146 Å². The van der Waals surface area contributed by atoms with Gasteiger partial charge in [0, 0.05) is 44.5 Å². The van der Waals surface area contributed by atoms with Gasteiger partial charge in [-0.2, -0.15) is 5.26 Å². The van der Waals surface area contributed by atoms with Crippen LogP contribution in [0, 0.1) is 23.2 Å². The van der Waals surface area contributed by atoms with Gasteiger partial charge in [-0.25, -0.2) is 4.79 Å². The molecule has 11 nitrogen and oxygen atoms in total. The zero-order valence-corrected chi connectivity index (χ0v) is 22.4. The van der Waals surface area contributed by atoms with E-state index in [1.54, 1.807) is 26.0 Å². The van der Waals surface area contributed by atoms with Crippen molar-refractivity contribution in [1.29, 1.82) is 5.26 Å². The van der Waals surface area contributed by atoms with E-state index in [0.29, 0.717) is 23.4 Å². The third-order valence-corrected chi connectivity index (χ3v) is 7.23. The Morgan fingerprint density at radius 3 is 2.03 bits per heavy atom. The van der Waals surface area contributed by atoms with Crippen molar-refractivity contribution >= 4 is 51.6 Å². The number of nitrogens with one attached hydrogen (secondary N) is 2. The highest BCUT2D eigenvalue weighted by atomic mass is 35.5. The first-order valence-electron chi connectivity index (χ1n) is 12.4. The second-order valence-electron chi connectivity index (χ2n) is 9.23. The number of carbonyl (C=O) groups excluding carboxylic acids is 3. The van der Waals surface area contributed by atoms with Crippen molar-refractivity contribution in [2.24, 2.45) is 11.8 Å². The van der Waals surface area contributed by atoms with Crippen molar-refractivity contribution in [2.45, 2.75) is 33.9 Å². The molecule has 3 amide bonds. The molecule has 202 valence electrons. The summed E-state index contributed by atoms with van der Waals surface area (Å²) in [7, 11) is 0. The van der Waals surface area contributed by atoms with Crippen molar-refractivity contribution in [2.75, 3.05) is 23.7 Å². The van der Waals surface area contributed by atoms with Gasteiger partial charge in [-0.15, -0.1) is 0 Å². The van der Waals surface area contributed by atoms with E-state index in [2.05, 4.69) is 10.6 Å². The number of anilines is 2. The first-order chi connectivity index (χ1) is 18.6. The highest BCUT2D eigenvalue weighted by Gasteiger charge is 2.43. The maximum absolute atomic E-state index is 13.4. The Bertz CT molecular complexity index is 1650. The van der Waals surface area contributed by atoms with E-state index in [9.17, 15) is 24.0 Å². The lowest BCUT2D eigenvalue weighted by molar-refractivity contribution is -0.128. The van der Waals surface area contributed by atoms with Crippen LogP contribution in [0.5, 0.6) is 0 Å². The Balaban J connectivity index is 1.62. The lowest BCUT2D eigenvalue weighted by atomic mass is 9.94. The van der Waals surface area contributed by atoms with Gasteiger partial charge in [-0.05, 0) is 50.2 Å². The summed E-state index contributed by atoms with van der Waals surface area (Å²) >= 11 is 6.07. The molecular weight excluding hydrogens is 524 g/mol.